The molecule has 5 nitrogen and oxygen atoms in total. The number of aromatic nitrogens is 1. The first-order chi connectivity index (χ1) is 5.34. The van der Waals surface area contributed by atoms with Gasteiger partial charge < -0.3 is 5.48 Å². The fourth-order valence-corrected chi connectivity index (χ4v) is 0.712. The van der Waals surface area contributed by atoms with Crippen LogP contribution in [0.15, 0.2) is 34.9 Å². The Bertz CT molecular complexity index is 271. The zero-order valence-electron chi connectivity index (χ0n) is 6.56. The molecule has 2 N–H and O–H groups in total. The van der Waals surface area contributed by atoms with E-state index in [0.29, 0.717) is 5.71 Å². The van der Waals surface area contributed by atoms with E-state index in [0.717, 1.165) is 5.56 Å². The van der Waals surface area contributed by atoms with E-state index in [1.807, 2.05) is 0 Å². The SMILES string of the molecule is CC(=NN=O)c1ccncc1.O. The van der Waals surface area contributed by atoms with Crippen molar-refractivity contribution >= 4 is 5.71 Å². The summed E-state index contributed by atoms with van der Waals surface area (Å²) in [6, 6.07) is 3.54. The topological polar surface area (TPSA) is 86.2 Å². The van der Waals surface area contributed by atoms with Crippen molar-refractivity contribution in [3.8, 4) is 0 Å². The van der Waals surface area contributed by atoms with E-state index in [9.17, 15) is 4.91 Å². The monoisotopic (exact) mass is 167 g/mol. The van der Waals surface area contributed by atoms with Gasteiger partial charge in [-0.25, -0.2) is 0 Å². The molecule has 64 valence electrons. The summed E-state index contributed by atoms with van der Waals surface area (Å²) in [5, 5.41) is 5.78. The van der Waals surface area contributed by atoms with Crippen LogP contribution in [0.1, 0.15) is 12.5 Å². The number of pyridine rings is 1. The van der Waals surface area contributed by atoms with Crippen LogP contribution in [0.25, 0.3) is 0 Å². The Balaban J connectivity index is 0.00000121. The molecule has 0 aliphatic rings. The van der Waals surface area contributed by atoms with Crippen molar-refractivity contribution in [2.45, 2.75) is 6.92 Å². The minimum Gasteiger partial charge on any atom is -0.412 e. The predicted octanol–water partition coefficient (Wildman–Crippen LogP) is 0.747. The number of rotatable bonds is 2. The van der Waals surface area contributed by atoms with Gasteiger partial charge in [0.25, 0.3) is 0 Å². The van der Waals surface area contributed by atoms with E-state index in [4.69, 9.17) is 0 Å². The highest BCUT2D eigenvalue weighted by Crippen LogP contribution is 1.98. The van der Waals surface area contributed by atoms with Crippen LogP contribution < -0.4 is 0 Å². The summed E-state index contributed by atoms with van der Waals surface area (Å²) in [5.41, 5.74) is 1.46. The lowest BCUT2D eigenvalue weighted by molar-refractivity contribution is 0.824. The van der Waals surface area contributed by atoms with Crippen molar-refractivity contribution < 1.29 is 5.48 Å². The molecule has 0 aliphatic heterocycles. The van der Waals surface area contributed by atoms with Gasteiger partial charge in [-0.3, -0.25) is 4.98 Å². The van der Waals surface area contributed by atoms with Crippen molar-refractivity contribution in [3.63, 3.8) is 0 Å². The van der Waals surface area contributed by atoms with Crippen molar-refractivity contribution in [2.24, 2.45) is 10.4 Å². The van der Waals surface area contributed by atoms with Crippen LogP contribution in [0, 0.1) is 4.91 Å². The summed E-state index contributed by atoms with van der Waals surface area (Å²) in [4.78, 5) is 13.6. The van der Waals surface area contributed by atoms with Gasteiger partial charge in [-0.2, -0.15) is 0 Å². The molecule has 0 spiro atoms. The zero-order valence-corrected chi connectivity index (χ0v) is 6.56. The molecule has 0 atom stereocenters. The van der Waals surface area contributed by atoms with Crippen LogP contribution in [0.2, 0.25) is 0 Å². The Labute approximate surface area is 69.4 Å². The summed E-state index contributed by atoms with van der Waals surface area (Å²) in [6.45, 7) is 1.72. The van der Waals surface area contributed by atoms with E-state index < -0.39 is 0 Å². The first-order valence-electron chi connectivity index (χ1n) is 3.12. The fourth-order valence-electron chi connectivity index (χ4n) is 0.712. The lowest BCUT2D eigenvalue weighted by Gasteiger charge is -1.93. The molecule has 0 unspecified atom stereocenters. The van der Waals surface area contributed by atoms with Gasteiger partial charge in [0.1, 0.15) is 0 Å². The summed E-state index contributed by atoms with van der Waals surface area (Å²) in [5.74, 6) is 0. The lowest BCUT2D eigenvalue weighted by Crippen LogP contribution is -1.92. The van der Waals surface area contributed by atoms with E-state index in [1.54, 1.807) is 31.5 Å². The second-order valence-electron chi connectivity index (χ2n) is 2.00. The molecule has 0 saturated carbocycles. The highest BCUT2D eigenvalue weighted by Gasteiger charge is 1.93. The van der Waals surface area contributed by atoms with Gasteiger partial charge in [0.05, 0.1) is 11.0 Å². The number of hydrogen-bond donors (Lipinski definition) is 0. The summed E-state index contributed by atoms with van der Waals surface area (Å²) >= 11 is 0. The number of hydrogen-bond acceptors (Lipinski definition) is 3. The quantitative estimate of drug-likeness (QED) is 0.369. The Kier molecular flexibility index (Phi) is 4.40. The van der Waals surface area contributed by atoms with E-state index in [1.165, 1.54) is 0 Å². The fraction of sp³-hybridized carbons (Fsp3) is 0.143. The molecule has 0 bridgehead atoms. The predicted molar refractivity (Wildman–Crippen MR) is 45.9 cm³/mol. The van der Waals surface area contributed by atoms with Gasteiger partial charge in [0, 0.05) is 18.0 Å². The Hall–Kier alpha value is -1.62. The molecule has 1 rings (SSSR count). The van der Waals surface area contributed by atoms with E-state index >= 15 is 0 Å². The molecule has 0 radical (unpaired) electrons. The molecule has 12 heavy (non-hydrogen) atoms. The molecule has 0 fully saturated rings. The minimum atomic E-state index is 0. The normalized spacial score (nSPS) is 10.2. The molecule has 0 aliphatic carbocycles. The molecular formula is C7H9N3O2. The largest absolute Gasteiger partial charge is 0.412 e. The van der Waals surface area contributed by atoms with Crippen LogP contribution >= 0.6 is 0 Å². The van der Waals surface area contributed by atoms with Crippen molar-refractivity contribution in [1.82, 2.24) is 4.98 Å². The first kappa shape index (κ1) is 10.4. The van der Waals surface area contributed by atoms with Gasteiger partial charge in [-0.05, 0) is 19.1 Å². The van der Waals surface area contributed by atoms with Gasteiger partial charge in [0.15, 0.2) is 0 Å². The number of nitroso groups, excluding NO2 is 1. The van der Waals surface area contributed by atoms with Crippen LogP contribution in [0.4, 0.5) is 0 Å². The van der Waals surface area contributed by atoms with E-state index in [-0.39, 0.29) is 5.48 Å². The second kappa shape index (κ2) is 5.09. The maximum Gasteiger partial charge on any atom is 0.0800 e. The first-order valence-corrected chi connectivity index (χ1v) is 3.12. The zero-order chi connectivity index (χ0) is 8.10. The van der Waals surface area contributed by atoms with Crippen LogP contribution in [0.5, 0.6) is 0 Å². The van der Waals surface area contributed by atoms with Crippen LogP contribution in [-0.4, -0.2) is 16.2 Å². The molecule has 5 heteroatoms. The Morgan fingerprint density at radius 2 is 2.00 bits per heavy atom. The van der Waals surface area contributed by atoms with Crippen molar-refractivity contribution in [2.75, 3.05) is 0 Å². The summed E-state index contributed by atoms with van der Waals surface area (Å²) in [7, 11) is 0. The summed E-state index contributed by atoms with van der Waals surface area (Å²) < 4.78 is 0. The maximum absolute atomic E-state index is 9.74. The van der Waals surface area contributed by atoms with Gasteiger partial charge in [0.2, 0.25) is 0 Å². The molecular weight excluding hydrogens is 158 g/mol. The third kappa shape index (κ3) is 2.55. The van der Waals surface area contributed by atoms with Crippen molar-refractivity contribution in [3.05, 3.63) is 35.0 Å². The summed E-state index contributed by atoms with van der Waals surface area (Å²) in [6.07, 6.45) is 3.28. The average Bonchev–Trinajstić information content (AvgIpc) is 2.07. The minimum absolute atomic E-state index is 0. The van der Waals surface area contributed by atoms with Gasteiger partial charge >= 0.3 is 0 Å². The van der Waals surface area contributed by atoms with Gasteiger partial charge in [-0.15, -0.1) is 10.0 Å². The second-order valence-corrected chi connectivity index (χ2v) is 2.00. The average molecular weight is 167 g/mol. The third-order valence-corrected chi connectivity index (χ3v) is 1.29. The van der Waals surface area contributed by atoms with Crippen LogP contribution in [0.3, 0.4) is 0 Å². The Morgan fingerprint density at radius 1 is 1.42 bits per heavy atom. The molecule has 1 aromatic heterocycles. The van der Waals surface area contributed by atoms with Crippen LogP contribution in [-0.2, 0) is 0 Å². The molecule has 0 amide bonds. The van der Waals surface area contributed by atoms with Gasteiger partial charge in [-0.1, -0.05) is 0 Å². The Morgan fingerprint density at radius 3 is 2.50 bits per heavy atom. The number of nitrogens with zero attached hydrogens (tertiary/aromatic N) is 3. The van der Waals surface area contributed by atoms with E-state index in [2.05, 4.69) is 15.4 Å². The lowest BCUT2D eigenvalue weighted by atomic mass is 10.2. The molecule has 1 heterocycles. The molecule has 0 aromatic carbocycles. The highest BCUT2D eigenvalue weighted by molar-refractivity contribution is 5.98. The van der Waals surface area contributed by atoms with Crippen molar-refractivity contribution in [1.29, 1.82) is 0 Å². The highest BCUT2D eigenvalue weighted by atomic mass is 16.3. The standard InChI is InChI=1S/C7H7N3O.H2O/c1-6(9-10-11)7-2-4-8-5-3-7;/h2-5H,1H3;1H2. The smallest absolute Gasteiger partial charge is 0.0800 e. The molecule has 1 aromatic rings. The maximum atomic E-state index is 9.74. The molecule has 0 saturated heterocycles. The third-order valence-electron chi connectivity index (χ3n) is 1.29.